The average Bonchev–Trinajstić information content (AvgIpc) is 2.26. The van der Waals surface area contributed by atoms with Crippen molar-refractivity contribution in [1.82, 2.24) is 5.32 Å². The molecule has 1 fully saturated rings. The molecule has 0 saturated heterocycles. The molecule has 15 heavy (non-hydrogen) atoms. The molecule has 1 N–H and O–H groups in total. The van der Waals surface area contributed by atoms with Crippen LogP contribution in [0.15, 0.2) is 12.2 Å². The molecule has 1 atom stereocenters. The van der Waals surface area contributed by atoms with Crippen LogP contribution in [-0.4, -0.2) is 13.1 Å². The van der Waals surface area contributed by atoms with Crippen molar-refractivity contribution in [3.63, 3.8) is 0 Å². The monoisotopic (exact) mass is 209 g/mol. The van der Waals surface area contributed by atoms with Gasteiger partial charge in [0.1, 0.15) is 0 Å². The second-order valence-corrected chi connectivity index (χ2v) is 5.36. The van der Waals surface area contributed by atoms with Gasteiger partial charge in [-0.2, -0.15) is 0 Å². The fraction of sp³-hybridized carbons (Fsp3) is 0.857. The van der Waals surface area contributed by atoms with E-state index in [-0.39, 0.29) is 0 Å². The van der Waals surface area contributed by atoms with Gasteiger partial charge in [-0.15, -0.1) is 0 Å². The number of hydrogen-bond acceptors (Lipinski definition) is 1. The number of hydrogen-bond donors (Lipinski definition) is 1. The van der Waals surface area contributed by atoms with E-state index in [1.807, 2.05) is 0 Å². The predicted molar refractivity (Wildman–Crippen MR) is 68.1 cm³/mol. The van der Waals surface area contributed by atoms with Crippen LogP contribution in [0, 0.1) is 5.41 Å². The summed E-state index contributed by atoms with van der Waals surface area (Å²) in [7, 11) is 2.10. The maximum absolute atomic E-state index is 4.15. The zero-order valence-electron chi connectivity index (χ0n) is 10.7. The Morgan fingerprint density at radius 2 is 1.93 bits per heavy atom. The van der Waals surface area contributed by atoms with E-state index in [1.54, 1.807) is 0 Å². The van der Waals surface area contributed by atoms with Crippen molar-refractivity contribution in [1.29, 1.82) is 0 Å². The third-order valence-corrected chi connectivity index (χ3v) is 4.18. The van der Waals surface area contributed by atoms with Crippen molar-refractivity contribution in [2.75, 3.05) is 7.05 Å². The van der Waals surface area contributed by atoms with Gasteiger partial charge in [0.25, 0.3) is 0 Å². The van der Waals surface area contributed by atoms with Crippen LogP contribution in [0.4, 0.5) is 0 Å². The molecule has 0 amide bonds. The zero-order valence-corrected chi connectivity index (χ0v) is 10.7. The van der Waals surface area contributed by atoms with Crippen molar-refractivity contribution >= 4 is 0 Å². The Bertz CT molecular complexity index is 201. The highest BCUT2D eigenvalue weighted by atomic mass is 14.9. The summed E-state index contributed by atoms with van der Waals surface area (Å²) in [5.41, 5.74) is 1.90. The summed E-state index contributed by atoms with van der Waals surface area (Å²) in [6.07, 6.45) is 9.30. The topological polar surface area (TPSA) is 12.0 Å². The van der Waals surface area contributed by atoms with Crippen LogP contribution in [0.1, 0.15) is 58.8 Å². The lowest BCUT2D eigenvalue weighted by Crippen LogP contribution is -2.43. The Morgan fingerprint density at radius 1 is 1.33 bits per heavy atom. The molecular formula is C14H27N. The Balaban J connectivity index is 2.58. The van der Waals surface area contributed by atoms with E-state index >= 15 is 0 Å². The van der Waals surface area contributed by atoms with Crippen LogP contribution in [-0.2, 0) is 0 Å². The fourth-order valence-corrected chi connectivity index (χ4v) is 2.84. The molecule has 0 spiro atoms. The van der Waals surface area contributed by atoms with Gasteiger partial charge in [0, 0.05) is 6.04 Å². The van der Waals surface area contributed by atoms with Crippen LogP contribution in [0.3, 0.4) is 0 Å². The van der Waals surface area contributed by atoms with Crippen LogP contribution in [0.25, 0.3) is 0 Å². The molecule has 0 aliphatic heterocycles. The van der Waals surface area contributed by atoms with Gasteiger partial charge < -0.3 is 5.32 Å². The van der Waals surface area contributed by atoms with Gasteiger partial charge in [-0.05, 0) is 38.1 Å². The van der Waals surface area contributed by atoms with Crippen LogP contribution in [0.2, 0.25) is 0 Å². The highest BCUT2D eigenvalue weighted by Gasteiger charge is 2.34. The van der Waals surface area contributed by atoms with Gasteiger partial charge >= 0.3 is 0 Å². The Morgan fingerprint density at radius 3 is 2.40 bits per heavy atom. The van der Waals surface area contributed by atoms with Crippen molar-refractivity contribution in [3.05, 3.63) is 12.2 Å². The lowest BCUT2D eigenvalue weighted by Gasteiger charge is -2.41. The highest BCUT2D eigenvalue weighted by Crippen LogP contribution is 2.40. The van der Waals surface area contributed by atoms with E-state index in [0.717, 1.165) is 12.8 Å². The Hall–Kier alpha value is -0.300. The van der Waals surface area contributed by atoms with E-state index in [1.165, 1.54) is 37.7 Å². The molecule has 88 valence electrons. The van der Waals surface area contributed by atoms with Gasteiger partial charge in [0.15, 0.2) is 0 Å². The standard InChI is InChI=1S/C14H27N/c1-5-12(2)11-13(15-4)14(3)9-7-6-8-10-14/h13,15H,2,5-11H2,1,3-4H3. The first kappa shape index (κ1) is 12.8. The van der Waals surface area contributed by atoms with Gasteiger partial charge in [-0.3, -0.25) is 0 Å². The van der Waals surface area contributed by atoms with E-state index in [0.29, 0.717) is 11.5 Å². The van der Waals surface area contributed by atoms with E-state index < -0.39 is 0 Å². The maximum atomic E-state index is 4.15. The maximum Gasteiger partial charge on any atom is 0.0155 e. The molecule has 0 radical (unpaired) electrons. The van der Waals surface area contributed by atoms with Crippen molar-refractivity contribution in [2.45, 2.75) is 64.8 Å². The van der Waals surface area contributed by atoms with Gasteiger partial charge in [0.05, 0.1) is 0 Å². The third-order valence-electron chi connectivity index (χ3n) is 4.18. The molecule has 1 heteroatoms. The lowest BCUT2D eigenvalue weighted by atomic mass is 9.69. The van der Waals surface area contributed by atoms with Crippen LogP contribution >= 0.6 is 0 Å². The first-order valence-corrected chi connectivity index (χ1v) is 6.46. The molecule has 0 aromatic heterocycles. The molecule has 0 heterocycles. The van der Waals surface area contributed by atoms with Crippen LogP contribution in [0.5, 0.6) is 0 Å². The lowest BCUT2D eigenvalue weighted by molar-refractivity contribution is 0.148. The van der Waals surface area contributed by atoms with Crippen LogP contribution < -0.4 is 5.32 Å². The zero-order chi connectivity index (χ0) is 11.3. The summed E-state index contributed by atoms with van der Waals surface area (Å²) >= 11 is 0. The Labute approximate surface area is 95.3 Å². The molecule has 0 aromatic rings. The first-order valence-electron chi connectivity index (χ1n) is 6.46. The van der Waals surface area contributed by atoms with Gasteiger partial charge in [-0.25, -0.2) is 0 Å². The van der Waals surface area contributed by atoms with E-state index in [2.05, 4.69) is 32.8 Å². The molecular weight excluding hydrogens is 182 g/mol. The molecule has 1 nitrogen and oxygen atoms in total. The fourth-order valence-electron chi connectivity index (χ4n) is 2.84. The molecule has 1 saturated carbocycles. The normalized spacial score (nSPS) is 22.3. The SMILES string of the molecule is C=C(CC)CC(NC)C1(C)CCCCC1. The Kier molecular flexibility index (Phi) is 4.85. The summed E-state index contributed by atoms with van der Waals surface area (Å²) in [6, 6.07) is 0.630. The molecule has 0 aromatic carbocycles. The highest BCUT2D eigenvalue weighted by molar-refractivity contribution is 5.01. The largest absolute Gasteiger partial charge is 0.316 e. The third kappa shape index (κ3) is 3.34. The second-order valence-electron chi connectivity index (χ2n) is 5.36. The van der Waals surface area contributed by atoms with Gasteiger partial charge in [0.2, 0.25) is 0 Å². The summed E-state index contributed by atoms with van der Waals surface area (Å²) in [5, 5.41) is 3.52. The molecule has 1 rings (SSSR count). The average molecular weight is 209 g/mol. The summed E-state index contributed by atoms with van der Waals surface area (Å²) < 4.78 is 0. The number of rotatable bonds is 5. The molecule has 1 aliphatic rings. The minimum Gasteiger partial charge on any atom is -0.316 e. The van der Waals surface area contributed by atoms with Gasteiger partial charge in [-0.1, -0.05) is 45.3 Å². The molecule has 1 aliphatic carbocycles. The number of nitrogens with one attached hydrogen (secondary N) is 1. The van der Waals surface area contributed by atoms with E-state index in [4.69, 9.17) is 0 Å². The minimum atomic E-state index is 0.505. The first-order chi connectivity index (χ1) is 7.12. The van der Waals surface area contributed by atoms with Crippen molar-refractivity contribution < 1.29 is 0 Å². The quantitative estimate of drug-likeness (QED) is 0.677. The van der Waals surface area contributed by atoms with E-state index in [9.17, 15) is 0 Å². The molecule has 1 unspecified atom stereocenters. The summed E-state index contributed by atoms with van der Waals surface area (Å²) in [4.78, 5) is 0. The summed E-state index contributed by atoms with van der Waals surface area (Å²) in [5.74, 6) is 0. The summed E-state index contributed by atoms with van der Waals surface area (Å²) in [6.45, 7) is 8.81. The minimum absolute atomic E-state index is 0.505. The molecule has 0 bridgehead atoms. The van der Waals surface area contributed by atoms with Crippen molar-refractivity contribution in [3.8, 4) is 0 Å². The predicted octanol–water partition coefficient (Wildman–Crippen LogP) is 3.90. The smallest absolute Gasteiger partial charge is 0.0155 e. The second kappa shape index (κ2) is 5.69. The van der Waals surface area contributed by atoms with Crippen molar-refractivity contribution in [2.24, 2.45) is 5.41 Å².